The first-order valence-electron chi connectivity index (χ1n) is 10.2. The van der Waals surface area contributed by atoms with Gasteiger partial charge in [-0.05, 0) is 38.0 Å². The number of hydrogen-bond donors (Lipinski definition) is 0. The van der Waals surface area contributed by atoms with E-state index < -0.39 is 0 Å². The molecule has 6 nitrogen and oxygen atoms in total. The van der Waals surface area contributed by atoms with Crippen molar-refractivity contribution in [2.24, 2.45) is 5.92 Å². The normalized spacial score (nSPS) is 19.6. The van der Waals surface area contributed by atoms with E-state index in [9.17, 15) is 4.79 Å². The highest BCUT2D eigenvalue weighted by atomic mass is 35.5. The number of hydrogen-bond acceptors (Lipinski definition) is 5. The Labute approximate surface area is 176 Å². The highest BCUT2D eigenvalue weighted by Gasteiger charge is 2.31. The van der Waals surface area contributed by atoms with Gasteiger partial charge in [0.05, 0.1) is 12.5 Å². The monoisotopic (exact) mass is 414 g/mol. The standard InChI is InChI=1S/C22H27ClN4O2/c1-15-20(13-17-3-5-19(23)6-4-17)21(25-16(2)24-15)26-8-10-27(11-9-26)22(28)18-7-12-29-14-18/h3-6,18H,7-14H2,1-2H3. The molecule has 2 saturated heterocycles. The summed E-state index contributed by atoms with van der Waals surface area (Å²) >= 11 is 6.03. The molecule has 1 aromatic carbocycles. The lowest BCUT2D eigenvalue weighted by molar-refractivity contribution is -0.135. The van der Waals surface area contributed by atoms with E-state index in [1.807, 2.05) is 43.0 Å². The van der Waals surface area contributed by atoms with Gasteiger partial charge in [0, 0.05) is 55.5 Å². The number of piperazine rings is 1. The Kier molecular flexibility index (Phi) is 6.01. The summed E-state index contributed by atoms with van der Waals surface area (Å²) in [5.74, 6) is 2.03. The highest BCUT2D eigenvalue weighted by molar-refractivity contribution is 6.30. The van der Waals surface area contributed by atoms with Crippen LogP contribution in [0.15, 0.2) is 24.3 Å². The molecule has 0 radical (unpaired) electrons. The second-order valence-corrected chi connectivity index (χ2v) is 8.27. The molecular formula is C22H27ClN4O2. The van der Waals surface area contributed by atoms with Crippen LogP contribution in [-0.4, -0.2) is 60.2 Å². The lowest BCUT2D eigenvalue weighted by Gasteiger charge is -2.37. The molecule has 154 valence electrons. The molecule has 29 heavy (non-hydrogen) atoms. The van der Waals surface area contributed by atoms with Crippen molar-refractivity contribution in [2.75, 3.05) is 44.3 Å². The molecule has 3 heterocycles. The molecule has 1 unspecified atom stereocenters. The van der Waals surface area contributed by atoms with E-state index in [-0.39, 0.29) is 11.8 Å². The second kappa shape index (κ2) is 8.67. The minimum atomic E-state index is 0.0329. The highest BCUT2D eigenvalue weighted by Crippen LogP contribution is 2.26. The van der Waals surface area contributed by atoms with Crippen LogP contribution in [0.3, 0.4) is 0 Å². The summed E-state index contributed by atoms with van der Waals surface area (Å²) in [6, 6.07) is 7.92. The van der Waals surface area contributed by atoms with Crippen molar-refractivity contribution in [3.63, 3.8) is 0 Å². The summed E-state index contributed by atoms with van der Waals surface area (Å²) in [5.41, 5.74) is 3.33. The summed E-state index contributed by atoms with van der Waals surface area (Å²) < 4.78 is 5.38. The van der Waals surface area contributed by atoms with Crippen LogP contribution >= 0.6 is 11.6 Å². The van der Waals surface area contributed by atoms with E-state index in [0.29, 0.717) is 13.2 Å². The summed E-state index contributed by atoms with van der Waals surface area (Å²) in [7, 11) is 0. The lowest BCUT2D eigenvalue weighted by atomic mass is 10.0. The molecule has 2 fully saturated rings. The second-order valence-electron chi connectivity index (χ2n) is 7.83. The molecule has 2 aliphatic rings. The van der Waals surface area contributed by atoms with Gasteiger partial charge in [0.25, 0.3) is 0 Å². The Hall–Kier alpha value is -2.18. The van der Waals surface area contributed by atoms with E-state index in [1.54, 1.807) is 0 Å². The van der Waals surface area contributed by atoms with Crippen LogP contribution in [0, 0.1) is 19.8 Å². The van der Waals surface area contributed by atoms with Crippen LogP contribution in [0.1, 0.15) is 29.1 Å². The maximum atomic E-state index is 12.7. The molecule has 1 aromatic heterocycles. The number of rotatable bonds is 4. The third-order valence-corrected chi connectivity index (χ3v) is 6.02. The van der Waals surface area contributed by atoms with Crippen molar-refractivity contribution in [3.05, 3.63) is 51.9 Å². The topological polar surface area (TPSA) is 58.6 Å². The fraction of sp³-hybridized carbons (Fsp3) is 0.500. The largest absolute Gasteiger partial charge is 0.381 e. The number of nitrogens with zero attached hydrogens (tertiary/aromatic N) is 4. The number of anilines is 1. The fourth-order valence-corrected chi connectivity index (χ4v) is 4.24. The van der Waals surface area contributed by atoms with Crippen LogP contribution in [0.25, 0.3) is 0 Å². The third-order valence-electron chi connectivity index (χ3n) is 5.77. The zero-order valence-corrected chi connectivity index (χ0v) is 17.8. The zero-order chi connectivity index (χ0) is 20.4. The van der Waals surface area contributed by atoms with Gasteiger partial charge < -0.3 is 14.5 Å². The van der Waals surface area contributed by atoms with Crippen LogP contribution in [0.4, 0.5) is 5.82 Å². The Balaban J connectivity index is 1.50. The summed E-state index contributed by atoms with van der Waals surface area (Å²) in [6.45, 7) is 8.24. The summed E-state index contributed by atoms with van der Waals surface area (Å²) in [6.07, 6.45) is 1.60. The molecule has 0 N–H and O–H groups in total. The number of ether oxygens (including phenoxy) is 1. The maximum Gasteiger partial charge on any atom is 0.228 e. The molecule has 1 amide bonds. The smallest absolute Gasteiger partial charge is 0.228 e. The predicted molar refractivity (Wildman–Crippen MR) is 113 cm³/mol. The van der Waals surface area contributed by atoms with E-state index in [0.717, 1.165) is 66.9 Å². The Morgan fingerprint density at radius 1 is 1.14 bits per heavy atom. The zero-order valence-electron chi connectivity index (χ0n) is 17.0. The van der Waals surface area contributed by atoms with Crippen molar-refractivity contribution >= 4 is 23.3 Å². The quantitative estimate of drug-likeness (QED) is 0.769. The number of aromatic nitrogens is 2. The number of halogens is 1. The van der Waals surface area contributed by atoms with Crippen LogP contribution in [-0.2, 0) is 16.0 Å². The van der Waals surface area contributed by atoms with Crippen molar-refractivity contribution in [1.29, 1.82) is 0 Å². The number of carbonyl (C=O) groups is 1. The number of aryl methyl sites for hydroxylation is 2. The Morgan fingerprint density at radius 3 is 2.52 bits per heavy atom. The van der Waals surface area contributed by atoms with Gasteiger partial charge in [-0.25, -0.2) is 9.97 Å². The maximum absolute atomic E-state index is 12.7. The average Bonchev–Trinajstić information content (AvgIpc) is 3.26. The molecule has 0 saturated carbocycles. The first kappa shape index (κ1) is 20.1. The SMILES string of the molecule is Cc1nc(C)c(Cc2ccc(Cl)cc2)c(N2CCN(C(=O)C3CCOC3)CC2)n1. The third kappa shape index (κ3) is 4.54. The van der Waals surface area contributed by atoms with E-state index in [4.69, 9.17) is 21.3 Å². The number of carbonyl (C=O) groups excluding carboxylic acids is 1. The van der Waals surface area contributed by atoms with Crippen LogP contribution < -0.4 is 4.90 Å². The van der Waals surface area contributed by atoms with Crippen LogP contribution in [0.2, 0.25) is 5.02 Å². The lowest BCUT2D eigenvalue weighted by Crippen LogP contribution is -2.51. The predicted octanol–water partition coefficient (Wildman–Crippen LogP) is 3.02. The molecule has 1 atom stereocenters. The molecular weight excluding hydrogens is 388 g/mol. The van der Waals surface area contributed by atoms with E-state index >= 15 is 0 Å². The van der Waals surface area contributed by atoms with Gasteiger partial charge in [-0.3, -0.25) is 4.79 Å². The molecule has 2 aromatic rings. The van der Waals surface area contributed by atoms with Crippen molar-refractivity contribution in [2.45, 2.75) is 26.7 Å². The van der Waals surface area contributed by atoms with Crippen LogP contribution in [0.5, 0.6) is 0 Å². The minimum absolute atomic E-state index is 0.0329. The van der Waals surface area contributed by atoms with Gasteiger partial charge in [-0.1, -0.05) is 23.7 Å². The van der Waals surface area contributed by atoms with E-state index in [1.165, 1.54) is 5.56 Å². The van der Waals surface area contributed by atoms with Gasteiger partial charge in [0.15, 0.2) is 0 Å². The first-order chi connectivity index (χ1) is 14.0. The van der Waals surface area contributed by atoms with Gasteiger partial charge in [-0.2, -0.15) is 0 Å². The first-order valence-corrected chi connectivity index (χ1v) is 10.6. The summed E-state index contributed by atoms with van der Waals surface area (Å²) in [4.78, 5) is 26.3. The van der Waals surface area contributed by atoms with Crippen molar-refractivity contribution in [3.8, 4) is 0 Å². The van der Waals surface area contributed by atoms with Crippen molar-refractivity contribution < 1.29 is 9.53 Å². The number of amides is 1. The van der Waals surface area contributed by atoms with E-state index in [2.05, 4.69) is 9.88 Å². The molecule has 0 aliphatic carbocycles. The molecule has 7 heteroatoms. The molecule has 4 rings (SSSR count). The number of benzene rings is 1. The Morgan fingerprint density at radius 2 is 1.86 bits per heavy atom. The molecule has 0 spiro atoms. The van der Waals surface area contributed by atoms with Gasteiger partial charge >= 0.3 is 0 Å². The fourth-order valence-electron chi connectivity index (χ4n) is 4.12. The minimum Gasteiger partial charge on any atom is -0.381 e. The van der Waals surface area contributed by atoms with Gasteiger partial charge in [0.2, 0.25) is 5.91 Å². The van der Waals surface area contributed by atoms with Gasteiger partial charge in [-0.15, -0.1) is 0 Å². The average molecular weight is 415 g/mol. The van der Waals surface area contributed by atoms with Crippen molar-refractivity contribution in [1.82, 2.24) is 14.9 Å². The Bertz CT molecular complexity index is 873. The summed E-state index contributed by atoms with van der Waals surface area (Å²) in [5, 5.41) is 0.735. The molecule has 2 aliphatic heterocycles. The molecule has 0 bridgehead atoms. The van der Waals surface area contributed by atoms with Gasteiger partial charge in [0.1, 0.15) is 11.6 Å².